The fourth-order valence-electron chi connectivity index (χ4n) is 2.56. The molecule has 2 aromatic carbocycles. The Hall–Kier alpha value is -2.34. The van der Waals surface area contributed by atoms with Crippen molar-refractivity contribution in [1.29, 1.82) is 0 Å². The maximum absolute atomic E-state index is 12.0. The quantitative estimate of drug-likeness (QED) is 0.615. The molecule has 2 N–H and O–H groups in total. The average molecular weight is 418 g/mol. The summed E-state index contributed by atoms with van der Waals surface area (Å²) in [5, 5.41) is 5.47. The molecule has 0 saturated heterocycles. The number of hydrogen-bond donors (Lipinski definition) is 2. The summed E-state index contributed by atoms with van der Waals surface area (Å²) < 4.78 is 0.827. The van der Waals surface area contributed by atoms with Crippen LogP contribution in [0.1, 0.15) is 23.7 Å². The van der Waals surface area contributed by atoms with Crippen LogP contribution in [0.5, 0.6) is 0 Å². The average Bonchev–Trinajstić information content (AvgIpc) is 2.67. The molecule has 0 atom stereocenters. The molecule has 0 saturated carbocycles. The molecule has 5 nitrogen and oxygen atoms in total. The number of carbonyl (C=O) groups is 2. The van der Waals surface area contributed by atoms with E-state index in [1.165, 1.54) is 5.69 Å². The third-order valence-electron chi connectivity index (χ3n) is 3.93. The molecule has 0 radical (unpaired) electrons. The number of halogens is 1. The van der Waals surface area contributed by atoms with Gasteiger partial charge in [0.2, 0.25) is 5.91 Å². The molecule has 0 aromatic heterocycles. The number of nitrogens with one attached hydrogen (secondary N) is 2. The van der Waals surface area contributed by atoms with Crippen LogP contribution in [0, 0.1) is 0 Å². The normalized spacial score (nSPS) is 10.2. The number of benzene rings is 2. The van der Waals surface area contributed by atoms with Gasteiger partial charge in [-0.2, -0.15) is 0 Å². The molecule has 0 aliphatic heterocycles. The van der Waals surface area contributed by atoms with Gasteiger partial charge in [-0.25, -0.2) is 0 Å². The van der Waals surface area contributed by atoms with Crippen LogP contribution < -0.4 is 15.5 Å². The summed E-state index contributed by atoms with van der Waals surface area (Å²) in [7, 11) is 0. The number of rotatable bonds is 9. The third kappa shape index (κ3) is 6.52. The summed E-state index contributed by atoms with van der Waals surface area (Å²) in [5.41, 5.74) is 1.70. The van der Waals surface area contributed by atoms with Crippen LogP contribution in [-0.4, -0.2) is 38.0 Å². The van der Waals surface area contributed by atoms with Crippen LogP contribution in [0.15, 0.2) is 59.1 Å². The summed E-state index contributed by atoms with van der Waals surface area (Å²) in [5.74, 6) is -0.446. The lowest BCUT2D eigenvalue weighted by atomic mass is 10.2. The second-order valence-electron chi connectivity index (χ2n) is 5.81. The van der Waals surface area contributed by atoms with Gasteiger partial charge in [-0.1, -0.05) is 40.2 Å². The Morgan fingerprint density at radius 2 is 1.81 bits per heavy atom. The van der Waals surface area contributed by atoms with Crippen LogP contribution in [-0.2, 0) is 4.79 Å². The van der Waals surface area contributed by atoms with Crippen molar-refractivity contribution in [3.8, 4) is 0 Å². The van der Waals surface area contributed by atoms with E-state index in [0.29, 0.717) is 12.1 Å². The van der Waals surface area contributed by atoms with E-state index in [4.69, 9.17) is 0 Å². The molecular weight excluding hydrogens is 394 g/mol. The lowest BCUT2D eigenvalue weighted by Gasteiger charge is -2.23. The zero-order chi connectivity index (χ0) is 18.8. The Kier molecular flexibility index (Phi) is 8.15. The second kappa shape index (κ2) is 10.6. The number of hydrogen-bond acceptors (Lipinski definition) is 3. The minimum Gasteiger partial charge on any atom is -0.372 e. The van der Waals surface area contributed by atoms with Crippen LogP contribution in [0.3, 0.4) is 0 Å². The second-order valence-corrected chi connectivity index (χ2v) is 6.73. The predicted octanol–water partition coefficient (Wildman–Crippen LogP) is 3.21. The van der Waals surface area contributed by atoms with Crippen LogP contribution in [0.2, 0.25) is 0 Å². The molecule has 0 aliphatic carbocycles. The first-order valence-electron chi connectivity index (χ1n) is 8.70. The molecule has 0 heterocycles. The fraction of sp³-hybridized carbons (Fsp3) is 0.300. The van der Waals surface area contributed by atoms with Gasteiger partial charge in [-0.15, -0.1) is 0 Å². The molecular formula is C20H24BrN3O2. The zero-order valence-corrected chi connectivity index (χ0v) is 16.5. The van der Waals surface area contributed by atoms with E-state index in [-0.39, 0.29) is 18.4 Å². The van der Waals surface area contributed by atoms with Crippen molar-refractivity contribution >= 4 is 33.4 Å². The molecule has 6 heteroatoms. The van der Waals surface area contributed by atoms with Gasteiger partial charge in [0.05, 0.1) is 6.54 Å². The highest BCUT2D eigenvalue weighted by molar-refractivity contribution is 9.10. The molecule has 138 valence electrons. The van der Waals surface area contributed by atoms with Gasteiger partial charge in [0, 0.05) is 35.4 Å². The smallest absolute Gasteiger partial charge is 0.251 e. The van der Waals surface area contributed by atoms with E-state index in [9.17, 15) is 9.59 Å². The minimum atomic E-state index is -0.261. The molecule has 2 rings (SSSR count). The molecule has 2 aromatic rings. The third-order valence-corrected chi connectivity index (χ3v) is 4.42. The Balaban J connectivity index is 1.66. The van der Waals surface area contributed by atoms with Crippen LogP contribution >= 0.6 is 15.9 Å². The number of anilines is 1. The fourth-order valence-corrected chi connectivity index (χ4v) is 2.96. The Morgan fingerprint density at radius 1 is 1.04 bits per heavy atom. The van der Waals surface area contributed by atoms with E-state index in [1.807, 2.05) is 24.3 Å². The predicted molar refractivity (Wildman–Crippen MR) is 108 cm³/mol. The van der Waals surface area contributed by atoms with Crippen LogP contribution in [0.4, 0.5) is 5.69 Å². The van der Waals surface area contributed by atoms with Gasteiger partial charge in [-0.05, 0) is 43.7 Å². The van der Waals surface area contributed by atoms with Crippen molar-refractivity contribution < 1.29 is 9.59 Å². The molecule has 0 bridgehead atoms. The number of amides is 2. The van der Waals surface area contributed by atoms with E-state index < -0.39 is 0 Å². The van der Waals surface area contributed by atoms with Gasteiger partial charge < -0.3 is 15.5 Å². The maximum atomic E-state index is 12.0. The van der Waals surface area contributed by atoms with E-state index in [0.717, 1.165) is 24.0 Å². The van der Waals surface area contributed by atoms with Gasteiger partial charge in [-0.3, -0.25) is 9.59 Å². The molecule has 26 heavy (non-hydrogen) atoms. The largest absolute Gasteiger partial charge is 0.372 e. The maximum Gasteiger partial charge on any atom is 0.251 e. The van der Waals surface area contributed by atoms with Crippen molar-refractivity contribution in [2.24, 2.45) is 0 Å². The standard InChI is InChI=1S/C20H24BrN3O2/c1-2-24(18-10-4-3-5-11-18)13-7-12-22-19(25)15-23-20(26)16-8-6-9-17(21)14-16/h3-6,8-11,14H,2,7,12-13,15H2,1H3,(H,22,25)(H,23,26). The summed E-state index contributed by atoms with van der Waals surface area (Å²) in [4.78, 5) is 26.1. The van der Waals surface area contributed by atoms with Crippen molar-refractivity contribution in [3.63, 3.8) is 0 Å². The molecule has 0 fully saturated rings. The monoisotopic (exact) mass is 417 g/mol. The van der Waals surface area contributed by atoms with Crippen molar-refractivity contribution in [1.82, 2.24) is 10.6 Å². The first-order valence-corrected chi connectivity index (χ1v) is 9.50. The van der Waals surface area contributed by atoms with Gasteiger partial charge >= 0.3 is 0 Å². The number of nitrogens with zero attached hydrogens (tertiary/aromatic N) is 1. The highest BCUT2D eigenvalue weighted by atomic mass is 79.9. The molecule has 0 spiro atoms. The first-order chi connectivity index (χ1) is 12.6. The van der Waals surface area contributed by atoms with E-state index in [1.54, 1.807) is 18.2 Å². The zero-order valence-electron chi connectivity index (χ0n) is 14.9. The molecule has 0 unspecified atom stereocenters. The number of para-hydroxylation sites is 1. The van der Waals surface area contributed by atoms with Gasteiger partial charge in [0.15, 0.2) is 0 Å². The summed E-state index contributed by atoms with van der Waals surface area (Å²) in [6, 6.07) is 17.3. The van der Waals surface area contributed by atoms with Crippen LogP contribution in [0.25, 0.3) is 0 Å². The van der Waals surface area contributed by atoms with Gasteiger partial charge in [0.1, 0.15) is 0 Å². The summed E-state index contributed by atoms with van der Waals surface area (Å²) >= 11 is 3.32. The summed E-state index contributed by atoms with van der Waals surface area (Å²) in [6.07, 6.45) is 0.841. The first kappa shape index (κ1) is 20.0. The van der Waals surface area contributed by atoms with E-state index in [2.05, 4.69) is 50.5 Å². The number of carbonyl (C=O) groups excluding carboxylic acids is 2. The van der Waals surface area contributed by atoms with Crippen molar-refractivity contribution in [2.45, 2.75) is 13.3 Å². The lowest BCUT2D eigenvalue weighted by Crippen LogP contribution is -2.38. The Labute approximate surface area is 162 Å². The van der Waals surface area contributed by atoms with Crippen molar-refractivity contribution in [3.05, 3.63) is 64.6 Å². The van der Waals surface area contributed by atoms with Gasteiger partial charge in [0.25, 0.3) is 5.91 Å². The highest BCUT2D eigenvalue weighted by Gasteiger charge is 2.08. The van der Waals surface area contributed by atoms with E-state index >= 15 is 0 Å². The minimum absolute atomic E-state index is 0.0263. The highest BCUT2D eigenvalue weighted by Crippen LogP contribution is 2.13. The molecule has 2 amide bonds. The molecule has 0 aliphatic rings. The Bertz CT molecular complexity index is 722. The topological polar surface area (TPSA) is 61.4 Å². The summed E-state index contributed by atoms with van der Waals surface area (Å²) in [6.45, 7) is 4.45. The van der Waals surface area contributed by atoms with Crippen molar-refractivity contribution in [2.75, 3.05) is 31.1 Å². The Morgan fingerprint density at radius 3 is 2.50 bits per heavy atom. The SMILES string of the molecule is CCN(CCCNC(=O)CNC(=O)c1cccc(Br)c1)c1ccccc1. The lowest BCUT2D eigenvalue weighted by molar-refractivity contribution is -0.120.